The molecule has 1 heterocycles. The number of hydrogen-bond acceptors (Lipinski definition) is 3. The Kier molecular flexibility index (Phi) is 5.99. The molecule has 1 aromatic rings. The lowest BCUT2D eigenvalue weighted by molar-refractivity contribution is -0.129. The number of carbonyl (C=O) groups excluding carboxylic acids is 1. The maximum absolute atomic E-state index is 12.1. The summed E-state index contributed by atoms with van der Waals surface area (Å²) in [6.45, 7) is 5.77. The fourth-order valence-corrected chi connectivity index (χ4v) is 2.48. The first kappa shape index (κ1) is 17.0. The molecule has 0 bridgehead atoms. The first-order chi connectivity index (χ1) is 9.03. The van der Waals surface area contributed by atoms with E-state index in [1.165, 1.54) is 0 Å². The maximum atomic E-state index is 12.1. The van der Waals surface area contributed by atoms with Crippen LogP contribution in [0.4, 0.5) is 0 Å². The summed E-state index contributed by atoms with van der Waals surface area (Å²) in [5, 5.41) is 16.2. The number of aliphatic hydroxyl groups is 1. The number of aryl methyl sites for hydroxylation is 1. The summed E-state index contributed by atoms with van der Waals surface area (Å²) < 4.78 is 0. The normalized spacial score (nSPS) is 22.9. The molecule has 2 atom stereocenters. The van der Waals surface area contributed by atoms with Gasteiger partial charge in [-0.15, -0.1) is 12.4 Å². The Balaban J connectivity index is 0.00000200. The van der Waals surface area contributed by atoms with Crippen LogP contribution in [0.15, 0.2) is 24.3 Å². The number of aliphatic hydroxyl groups excluding tert-OH is 1. The first-order valence-corrected chi connectivity index (χ1v) is 6.75. The van der Waals surface area contributed by atoms with Gasteiger partial charge >= 0.3 is 0 Å². The smallest absolute Gasteiger partial charge is 0.227 e. The second-order valence-electron chi connectivity index (χ2n) is 5.57. The molecule has 2 rings (SSSR count). The van der Waals surface area contributed by atoms with E-state index in [2.05, 4.69) is 10.6 Å². The number of halogens is 1. The molecule has 0 aliphatic carbocycles. The zero-order chi connectivity index (χ0) is 13.9. The summed E-state index contributed by atoms with van der Waals surface area (Å²) in [5.41, 5.74) is 1.57. The minimum Gasteiger partial charge on any atom is -0.387 e. The van der Waals surface area contributed by atoms with E-state index in [0.29, 0.717) is 6.54 Å². The zero-order valence-corrected chi connectivity index (χ0v) is 12.8. The van der Waals surface area contributed by atoms with E-state index < -0.39 is 6.10 Å². The van der Waals surface area contributed by atoms with Crippen LogP contribution in [0.2, 0.25) is 0 Å². The predicted molar refractivity (Wildman–Crippen MR) is 82.0 cm³/mol. The Labute approximate surface area is 126 Å². The summed E-state index contributed by atoms with van der Waals surface area (Å²) in [7, 11) is 0. The topological polar surface area (TPSA) is 61.4 Å². The van der Waals surface area contributed by atoms with Crippen molar-refractivity contribution in [3.8, 4) is 0 Å². The van der Waals surface area contributed by atoms with Crippen LogP contribution in [0, 0.1) is 12.3 Å². The Morgan fingerprint density at radius 2 is 2.20 bits per heavy atom. The van der Waals surface area contributed by atoms with Crippen LogP contribution in [0.25, 0.3) is 0 Å². The highest BCUT2D eigenvalue weighted by Gasteiger charge is 2.36. The third-order valence-corrected chi connectivity index (χ3v) is 3.92. The van der Waals surface area contributed by atoms with Crippen LogP contribution in [-0.2, 0) is 4.79 Å². The van der Waals surface area contributed by atoms with Crippen molar-refractivity contribution < 1.29 is 9.90 Å². The zero-order valence-electron chi connectivity index (χ0n) is 12.0. The Bertz CT molecular complexity index is 459. The summed E-state index contributed by atoms with van der Waals surface area (Å²) in [6, 6.07) is 7.69. The molecule has 1 aromatic carbocycles. The van der Waals surface area contributed by atoms with E-state index in [0.717, 1.165) is 24.1 Å². The highest BCUT2D eigenvalue weighted by atomic mass is 35.5. The minimum absolute atomic E-state index is 0. The van der Waals surface area contributed by atoms with Gasteiger partial charge in [-0.2, -0.15) is 0 Å². The largest absolute Gasteiger partial charge is 0.387 e. The third kappa shape index (κ3) is 3.72. The fourth-order valence-electron chi connectivity index (χ4n) is 2.48. The van der Waals surface area contributed by atoms with Gasteiger partial charge in [-0.3, -0.25) is 4.79 Å². The van der Waals surface area contributed by atoms with Gasteiger partial charge in [0.05, 0.1) is 11.5 Å². The summed E-state index contributed by atoms with van der Waals surface area (Å²) in [5.74, 6) is 0.0186. The molecule has 0 saturated carbocycles. The molecule has 1 aliphatic heterocycles. The average Bonchev–Trinajstić information content (AvgIpc) is 2.84. The molecule has 4 nitrogen and oxygen atoms in total. The van der Waals surface area contributed by atoms with Crippen molar-refractivity contribution in [3.05, 3.63) is 35.4 Å². The van der Waals surface area contributed by atoms with Gasteiger partial charge in [0.1, 0.15) is 0 Å². The summed E-state index contributed by atoms with van der Waals surface area (Å²) in [6.07, 6.45) is 0.197. The standard InChI is InChI=1S/C15H22N2O2.ClH/c1-11-5-3-4-6-12(11)13(18)9-17-14(19)15(2)7-8-16-10-15;/h3-6,13,16,18H,7-10H2,1-2H3,(H,17,19);1H. The van der Waals surface area contributed by atoms with E-state index in [1.807, 2.05) is 38.1 Å². The molecule has 2 unspecified atom stereocenters. The van der Waals surface area contributed by atoms with E-state index in [9.17, 15) is 9.90 Å². The number of rotatable bonds is 4. The van der Waals surface area contributed by atoms with Crippen molar-refractivity contribution in [2.24, 2.45) is 5.41 Å². The van der Waals surface area contributed by atoms with E-state index >= 15 is 0 Å². The van der Waals surface area contributed by atoms with Crippen LogP contribution in [0.3, 0.4) is 0 Å². The van der Waals surface area contributed by atoms with Gasteiger partial charge in [0, 0.05) is 13.1 Å². The molecular formula is C15H23ClN2O2. The highest BCUT2D eigenvalue weighted by Crippen LogP contribution is 2.25. The number of hydrogen-bond donors (Lipinski definition) is 3. The van der Waals surface area contributed by atoms with Crippen molar-refractivity contribution in [1.82, 2.24) is 10.6 Å². The molecule has 1 amide bonds. The Hall–Kier alpha value is -1.10. The molecule has 1 fully saturated rings. The molecule has 0 spiro atoms. The van der Waals surface area contributed by atoms with Crippen LogP contribution in [0.1, 0.15) is 30.6 Å². The molecule has 1 saturated heterocycles. The van der Waals surface area contributed by atoms with Crippen molar-refractivity contribution in [2.75, 3.05) is 19.6 Å². The van der Waals surface area contributed by atoms with Crippen LogP contribution >= 0.6 is 12.4 Å². The number of benzene rings is 1. The van der Waals surface area contributed by atoms with Gasteiger partial charge in [0.25, 0.3) is 0 Å². The first-order valence-electron chi connectivity index (χ1n) is 6.75. The van der Waals surface area contributed by atoms with Crippen molar-refractivity contribution >= 4 is 18.3 Å². The molecule has 112 valence electrons. The fraction of sp³-hybridized carbons (Fsp3) is 0.533. The molecule has 5 heteroatoms. The lowest BCUT2D eigenvalue weighted by Gasteiger charge is -2.23. The van der Waals surface area contributed by atoms with Crippen molar-refractivity contribution in [1.29, 1.82) is 0 Å². The van der Waals surface area contributed by atoms with Gasteiger partial charge in [-0.05, 0) is 37.9 Å². The van der Waals surface area contributed by atoms with Gasteiger partial charge < -0.3 is 15.7 Å². The lowest BCUT2D eigenvalue weighted by atomic mass is 9.88. The molecular weight excluding hydrogens is 276 g/mol. The molecule has 3 N–H and O–H groups in total. The maximum Gasteiger partial charge on any atom is 0.227 e. The molecule has 20 heavy (non-hydrogen) atoms. The summed E-state index contributed by atoms with van der Waals surface area (Å²) >= 11 is 0. The second kappa shape index (κ2) is 7.07. The van der Waals surface area contributed by atoms with Gasteiger partial charge in [-0.1, -0.05) is 24.3 Å². The van der Waals surface area contributed by atoms with Crippen LogP contribution < -0.4 is 10.6 Å². The van der Waals surface area contributed by atoms with Crippen LogP contribution in [-0.4, -0.2) is 30.6 Å². The molecule has 0 radical (unpaired) electrons. The van der Waals surface area contributed by atoms with E-state index in [1.54, 1.807) is 0 Å². The highest BCUT2D eigenvalue weighted by molar-refractivity contribution is 5.85. The predicted octanol–water partition coefficient (Wildman–Crippen LogP) is 1.57. The Morgan fingerprint density at radius 3 is 2.80 bits per heavy atom. The van der Waals surface area contributed by atoms with Crippen LogP contribution in [0.5, 0.6) is 0 Å². The Morgan fingerprint density at radius 1 is 1.50 bits per heavy atom. The third-order valence-electron chi connectivity index (χ3n) is 3.92. The molecule has 1 aliphatic rings. The van der Waals surface area contributed by atoms with E-state index in [-0.39, 0.29) is 30.3 Å². The number of nitrogens with one attached hydrogen (secondary N) is 2. The van der Waals surface area contributed by atoms with E-state index in [4.69, 9.17) is 0 Å². The van der Waals surface area contributed by atoms with Gasteiger partial charge in [0.2, 0.25) is 5.91 Å². The number of amides is 1. The average molecular weight is 299 g/mol. The SMILES string of the molecule is Cc1ccccc1C(O)CNC(=O)C1(C)CCNC1.Cl. The van der Waals surface area contributed by atoms with Gasteiger partial charge in [-0.25, -0.2) is 0 Å². The van der Waals surface area contributed by atoms with Gasteiger partial charge in [0.15, 0.2) is 0 Å². The monoisotopic (exact) mass is 298 g/mol. The minimum atomic E-state index is -0.650. The lowest BCUT2D eigenvalue weighted by Crippen LogP contribution is -2.42. The van der Waals surface area contributed by atoms with Crippen molar-refractivity contribution in [3.63, 3.8) is 0 Å². The molecule has 0 aromatic heterocycles. The van der Waals surface area contributed by atoms with Crippen molar-refractivity contribution in [2.45, 2.75) is 26.4 Å². The summed E-state index contributed by atoms with van der Waals surface area (Å²) in [4.78, 5) is 12.1. The number of carbonyl (C=O) groups is 1. The quantitative estimate of drug-likeness (QED) is 0.791. The second-order valence-corrected chi connectivity index (χ2v) is 5.57.